The Hall–Kier alpha value is -1.32. The number of rotatable bonds is 6. The number of nitrogens with one attached hydrogen (secondary N) is 1. The molecule has 0 aliphatic carbocycles. The molecule has 4 heteroatoms. The fourth-order valence-electron chi connectivity index (χ4n) is 2.43. The van der Waals surface area contributed by atoms with Crippen molar-refractivity contribution in [2.75, 3.05) is 6.54 Å². The second-order valence-electron chi connectivity index (χ2n) is 5.28. The fraction of sp³-hybridized carbons (Fsp3) is 0.438. The van der Waals surface area contributed by atoms with Gasteiger partial charge in [0.25, 0.3) is 0 Å². The van der Waals surface area contributed by atoms with Crippen LogP contribution in [0.25, 0.3) is 0 Å². The van der Waals surface area contributed by atoms with Gasteiger partial charge in [-0.05, 0) is 30.2 Å². The monoisotopic (exact) mass is 291 g/mol. The highest BCUT2D eigenvalue weighted by Crippen LogP contribution is 2.21. The van der Waals surface area contributed by atoms with Gasteiger partial charge < -0.3 is 5.32 Å². The summed E-state index contributed by atoms with van der Waals surface area (Å²) in [6, 6.07) is 7.96. The highest BCUT2D eigenvalue weighted by atomic mass is 35.5. The van der Waals surface area contributed by atoms with Crippen LogP contribution in [0.3, 0.4) is 0 Å². The molecule has 0 radical (unpaired) electrons. The summed E-state index contributed by atoms with van der Waals surface area (Å²) in [6.45, 7) is 9.14. The molecule has 0 amide bonds. The fourth-order valence-corrected chi connectivity index (χ4v) is 2.65. The lowest BCUT2D eigenvalue weighted by Crippen LogP contribution is -2.15. The Balaban J connectivity index is 2.25. The Labute approximate surface area is 126 Å². The number of hydrogen-bond acceptors (Lipinski definition) is 2. The van der Waals surface area contributed by atoms with Gasteiger partial charge in [-0.3, -0.25) is 4.68 Å². The zero-order chi connectivity index (χ0) is 14.5. The van der Waals surface area contributed by atoms with Crippen molar-refractivity contribution in [2.24, 2.45) is 0 Å². The predicted molar refractivity (Wildman–Crippen MR) is 84.3 cm³/mol. The summed E-state index contributed by atoms with van der Waals surface area (Å²) in [4.78, 5) is 0. The van der Waals surface area contributed by atoms with E-state index in [9.17, 15) is 0 Å². The molecule has 0 aliphatic heterocycles. The average molecular weight is 292 g/mol. The number of halogens is 1. The van der Waals surface area contributed by atoms with E-state index < -0.39 is 0 Å². The number of benzene rings is 1. The molecule has 1 aromatic heterocycles. The summed E-state index contributed by atoms with van der Waals surface area (Å²) in [5.74, 6) is 0.449. The minimum absolute atomic E-state index is 0.449. The Morgan fingerprint density at radius 2 is 2.15 bits per heavy atom. The first-order valence-corrected chi connectivity index (χ1v) is 7.49. The van der Waals surface area contributed by atoms with E-state index in [-0.39, 0.29) is 0 Å². The highest BCUT2D eigenvalue weighted by Gasteiger charge is 2.14. The zero-order valence-corrected chi connectivity index (χ0v) is 13.1. The maximum Gasteiger partial charge on any atom is 0.0663 e. The highest BCUT2D eigenvalue weighted by molar-refractivity contribution is 6.30. The van der Waals surface area contributed by atoms with Crippen molar-refractivity contribution in [1.82, 2.24) is 15.1 Å². The third-order valence-corrected chi connectivity index (χ3v) is 3.53. The molecule has 1 aromatic carbocycles. The predicted octanol–water partition coefficient (Wildman–Crippen LogP) is 3.82. The van der Waals surface area contributed by atoms with Crippen LogP contribution in [0.15, 0.2) is 30.5 Å². The van der Waals surface area contributed by atoms with E-state index in [4.69, 9.17) is 11.6 Å². The Kier molecular flexibility index (Phi) is 5.21. The van der Waals surface area contributed by atoms with Crippen LogP contribution in [0.4, 0.5) is 0 Å². The minimum Gasteiger partial charge on any atom is -0.313 e. The van der Waals surface area contributed by atoms with Crippen molar-refractivity contribution >= 4 is 11.6 Å². The lowest BCUT2D eigenvalue weighted by molar-refractivity contribution is 0.609. The molecule has 0 aliphatic rings. The van der Waals surface area contributed by atoms with Crippen LogP contribution < -0.4 is 5.32 Å². The maximum absolute atomic E-state index is 6.05. The van der Waals surface area contributed by atoms with Crippen LogP contribution >= 0.6 is 11.6 Å². The molecule has 20 heavy (non-hydrogen) atoms. The van der Waals surface area contributed by atoms with Gasteiger partial charge in [0.2, 0.25) is 0 Å². The third kappa shape index (κ3) is 3.62. The van der Waals surface area contributed by atoms with Gasteiger partial charge >= 0.3 is 0 Å². The van der Waals surface area contributed by atoms with Gasteiger partial charge in [-0.15, -0.1) is 0 Å². The quantitative estimate of drug-likeness (QED) is 0.877. The molecule has 108 valence electrons. The minimum atomic E-state index is 0.449. The van der Waals surface area contributed by atoms with Gasteiger partial charge in [0.15, 0.2) is 0 Å². The molecule has 0 bridgehead atoms. The van der Waals surface area contributed by atoms with Gasteiger partial charge in [0.05, 0.1) is 12.7 Å². The van der Waals surface area contributed by atoms with Gasteiger partial charge in [-0.2, -0.15) is 5.10 Å². The Morgan fingerprint density at radius 3 is 2.80 bits per heavy atom. The smallest absolute Gasteiger partial charge is 0.0663 e. The van der Waals surface area contributed by atoms with Gasteiger partial charge in [-0.25, -0.2) is 0 Å². The molecule has 0 atom stereocenters. The van der Waals surface area contributed by atoms with E-state index in [2.05, 4.69) is 41.9 Å². The summed E-state index contributed by atoms with van der Waals surface area (Å²) in [5.41, 5.74) is 3.76. The summed E-state index contributed by atoms with van der Waals surface area (Å²) in [5, 5.41) is 8.69. The molecule has 0 saturated heterocycles. The van der Waals surface area contributed by atoms with Gasteiger partial charge in [0, 0.05) is 22.8 Å². The van der Waals surface area contributed by atoms with Crippen LogP contribution in [0.2, 0.25) is 5.02 Å². The van der Waals surface area contributed by atoms with E-state index in [1.807, 2.05) is 24.4 Å². The molecule has 1 N–H and O–H groups in total. The van der Waals surface area contributed by atoms with Crippen molar-refractivity contribution in [3.8, 4) is 0 Å². The molecule has 0 spiro atoms. The molecular weight excluding hydrogens is 270 g/mol. The number of nitrogens with zero attached hydrogens (tertiary/aromatic N) is 2. The van der Waals surface area contributed by atoms with E-state index in [0.29, 0.717) is 5.92 Å². The van der Waals surface area contributed by atoms with E-state index in [0.717, 1.165) is 24.7 Å². The standard InChI is InChI=1S/C16H22ClN3/c1-4-18-9-14-10-19-20(16(14)12(2)3)11-13-6-5-7-15(17)8-13/h5-8,10,12,18H,4,9,11H2,1-3H3. The maximum atomic E-state index is 6.05. The SMILES string of the molecule is CCNCc1cnn(Cc2cccc(Cl)c2)c1C(C)C. The van der Waals surface area contributed by atoms with E-state index in [1.165, 1.54) is 16.8 Å². The zero-order valence-electron chi connectivity index (χ0n) is 12.4. The summed E-state index contributed by atoms with van der Waals surface area (Å²) in [6.07, 6.45) is 1.97. The molecule has 2 aromatic rings. The van der Waals surface area contributed by atoms with Crippen LogP contribution in [0.1, 0.15) is 43.5 Å². The largest absolute Gasteiger partial charge is 0.313 e. The first-order valence-electron chi connectivity index (χ1n) is 7.11. The summed E-state index contributed by atoms with van der Waals surface area (Å²) in [7, 11) is 0. The van der Waals surface area contributed by atoms with Crippen molar-refractivity contribution < 1.29 is 0 Å². The summed E-state index contributed by atoms with van der Waals surface area (Å²) >= 11 is 6.05. The summed E-state index contributed by atoms with van der Waals surface area (Å²) < 4.78 is 2.09. The average Bonchev–Trinajstić information content (AvgIpc) is 2.79. The van der Waals surface area contributed by atoms with Gasteiger partial charge in [-0.1, -0.05) is 44.5 Å². The van der Waals surface area contributed by atoms with Crippen LogP contribution in [-0.2, 0) is 13.1 Å². The van der Waals surface area contributed by atoms with Crippen molar-refractivity contribution in [3.63, 3.8) is 0 Å². The van der Waals surface area contributed by atoms with Gasteiger partial charge in [0.1, 0.15) is 0 Å². The second-order valence-corrected chi connectivity index (χ2v) is 5.71. The molecular formula is C16H22ClN3. The van der Waals surface area contributed by atoms with Crippen molar-refractivity contribution in [1.29, 1.82) is 0 Å². The first kappa shape index (κ1) is 15.1. The van der Waals surface area contributed by atoms with Crippen LogP contribution in [0, 0.1) is 0 Å². The van der Waals surface area contributed by atoms with Crippen LogP contribution in [0.5, 0.6) is 0 Å². The third-order valence-electron chi connectivity index (χ3n) is 3.29. The topological polar surface area (TPSA) is 29.9 Å². The first-order chi connectivity index (χ1) is 9.61. The van der Waals surface area contributed by atoms with Crippen LogP contribution in [-0.4, -0.2) is 16.3 Å². The van der Waals surface area contributed by atoms with Crippen molar-refractivity contribution in [2.45, 2.75) is 39.8 Å². The molecule has 0 unspecified atom stereocenters. The number of aromatic nitrogens is 2. The Morgan fingerprint density at radius 1 is 1.35 bits per heavy atom. The lowest BCUT2D eigenvalue weighted by atomic mass is 10.1. The van der Waals surface area contributed by atoms with E-state index in [1.54, 1.807) is 0 Å². The Bertz CT molecular complexity index is 561. The molecule has 3 nitrogen and oxygen atoms in total. The number of hydrogen-bond donors (Lipinski definition) is 1. The van der Waals surface area contributed by atoms with E-state index >= 15 is 0 Å². The van der Waals surface area contributed by atoms with Crippen molar-refractivity contribution in [3.05, 3.63) is 52.3 Å². The second kappa shape index (κ2) is 6.91. The molecule has 0 saturated carbocycles. The normalized spacial score (nSPS) is 11.2. The molecule has 0 fully saturated rings. The lowest BCUT2D eigenvalue weighted by Gasteiger charge is -2.13. The molecule has 1 heterocycles. The molecule has 2 rings (SSSR count).